The van der Waals surface area contributed by atoms with Crippen LogP contribution in [0, 0.1) is 23.2 Å². The quantitative estimate of drug-likeness (QED) is 0.0745. The van der Waals surface area contributed by atoms with Crippen LogP contribution in [0.4, 0.5) is 15.3 Å². The van der Waals surface area contributed by atoms with E-state index < -0.39 is 35.5 Å². The molecule has 14 heteroatoms. The highest BCUT2D eigenvalue weighted by Gasteiger charge is 2.65. The van der Waals surface area contributed by atoms with Gasteiger partial charge in [-0.3, -0.25) is 5.32 Å². The summed E-state index contributed by atoms with van der Waals surface area (Å²) >= 11 is 0. The van der Waals surface area contributed by atoms with E-state index in [0.29, 0.717) is 41.5 Å². The van der Waals surface area contributed by atoms with E-state index in [9.17, 15) is 19.8 Å². The van der Waals surface area contributed by atoms with Gasteiger partial charge in [0.1, 0.15) is 34.6 Å². The number of likely N-dealkylation sites (N-methyl/N-ethyl adjacent to an activating group) is 1. The van der Waals surface area contributed by atoms with Crippen LogP contribution in [0.15, 0.2) is 65.9 Å². The fraction of sp³-hybridized carbons (Fsp3) is 0.596. The van der Waals surface area contributed by atoms with Gasteiger partial charge in [-0.2, -0.15) is 0 Å². The predicted molar refractivity (Wildman–Crippen MR) is 234 cm³/mol. The lowest BCUT2D eigenvalue weighted by atomic mass is 9.55. The number of fused-ring (bicyclic) bond motifs is 2. The number of hydrogen-bond donors (Lipinski definition) is 3. The molecule has 1 aliphatic heterocycles. The minimum atomic E-state index is -1.45. The van der Waals surface area contributed by atoms with Crippen molar-refractivity contribution in [1.29, 1.82) is 0 Å². The molecule has 2 amide bonds. The number of hydrogen-bond acceptors (Lipinski definition) is 12. The molecule has 14 nitrogen and oxygen atoms in total. The molecule has 1 saturated carbocycles. The number of oxime groups is 1. The number of unbranched alkanes of at least 4 members (excludes halogenated alkanes) is 2. The van der Waals surface area contributed by atoms with Crippen LogP contribution in [-0.2, 0) is 14.3 Å². The van der Waals surface area contributed by atoms with Crippen molar-refractivity contribution in [3.63, 3.8) is 0 Å². The summed E-state index contributed by atoms with van der Waals surface area (Å²) in [5.41, 5.74) is 1.86. The SMILES string of the molecule is C=CCOC12Oc3ccc(OC(=O)Nc4ccc(OC)cc4OC)cc3C3C(CCCCO)C(CCCCO)C=C(C(=NOC(C)(C)C)CC1N(C)C(=O)OCC(C)(C)C)C32. The summed E-state index contributed by atoms with van der Waals surface area (Å²) in [6.07, 6.45) is 7.24. The number of nitrogens with one attached hydrogen (secondary N) is 1. The molecule has 0 radical (unpaired) electrons. The predicted octanol–water partition coefficient (Wildman–Crippen LogP) is 8.86. The highest BCUT2D eigenvalue weighted by molar-refractivity contribution is 6.03. The van der Waals surface area contributed by atoms with Crippen LogP contribution in [0.5, 0.6) is 23.0 Å². The molecule has 0 bridgehead atoms. The number of benzene rings is 2. The second kappa shape index (κ2) is 20.4. The third kappa shape index (κ3) is 11.4. The summed E-state index contributed by atoms with van der Waals surface area (Å²) < 4.78 is 36.8. The van der Waals surface area contributed by atoms with Gasteiger partial charge in [-0.15, -0.1) is 6.58 Å². The van der Waals surface area contributed by atoms with E-state index in [4.69, 9.17) is 38.4 Å². The summed E-state index contributed by atoms with van der Waals surface area (Å²) in [4.78, 5) is 35.3. The minimum Gasteiger partial charge on any atom is -0.497 e. The van der Waals surface area contributed by atoms with E-state index >= 15 is 0 Å². The first-order valence-corrected chi connectivity index (χ1v) is 21.4. The molecule has 0 saturated heterocycles. The van der Waals surface area contributed by atoms with E-state index in [-0.39, 0.29) is 61.8 Å². The Labute approximate surface area is 361 Å². The molecule has 0 spiro atoms. The minimum absolute atomic E-state index is 0.0193. The summed E-state index contributed by atoms with van der Waals surface area (Å²) in [7, 11) is 4.75. The number of amides is 2. The smallest absolute Gasteiger partial charge is 0.417 e. The van der Waals surface area contributed by atoms with Crippen molar-refractivity contribution in [1.82, 2.24) is 4.90 Å². The maximum atomic E-state index is 14.1. The molecule has 1 heterocycles. The maximum Gasteiger partial charge on any atom is 0.417 e. The van der Waals surface area contributed by atoms with Gasteiger partial charge in [-0.1, -0.05) is 50.9 Å². The number of methoxy groups -OCH3 is 2. The maximum absolute atomic E-state index is 14.1. The second-order valence-electron chi connectivity index (χ2n) is 18.3. The average molecular weight is 850 g/mol. The average Bonchev–Trinajstić information content (AvgIpc) is 3.21. The number of carbonyl (C=O) groups is 2. The van der Waals surface area contributed by atoms with Crippen LogP contribution in [-0.4, -0.2) is 98.1 Å². The molecule has 6 unspecified atom stereocenters. The zero-order valence-electron chi connectivity index (χ0n) is 37.5. The molecule has 2 aromatic carbocycles. The lowest BCUT2D eigenvalue weighted by molar-refractivity contribution is -0.254. The number of anilines is 1. The molecule has 336 valence electrons. The number of carbonyl (C=O) groups excluding carboxylic acids is 2. The van der Waals surface area contributed by atoms with Crippen LogP contribution in [0.1, 0.15) is 98.0 Å². The van der Waals surface area contributed by atoms with Crippen molar-refractivity contribution in [2.45, 2.75) is 110 Å². The number of allylic oxidation sites excluding steroid dienone is 1. The Kier molecular flexibility index (Phi) is 15.8. The van der Waals surface area contributed by atoms with E-state index in [0.717, 1.165) is 36.8 Å². The van der Waals surface area contributed by atoms with Crippen molar-refractivity contribution in [2.24, 2.45) is 28.3 Å². The molecule has 5 rings (SSSR count). The highest BCUT2D eigenvalue weighted by Crippen LogP contribution is 2.62. The number of aliphatic hydroxyl groups excluding tert-OH is 2. The fourth-order valence-electron chi connectivity index (χ4n) is 8.63. The Bertz CT molecular complexity index is 1900. The molecule has 2 aliphatic carbocycles. The molecule has 2 aromatic rings. The Morgan fingerprint density at radius 2 is 1.69 bits per heavy atom. The molecule has 3 N–H and O–H groups in total. The molecular weight excluding hydrogens is 783 g/mol. The van der Waals surface area contributed by atoms with Gasteiger partial charge in [0.2, 0.25) is 5.79 Å². The van der Waals surface area contributed by atoms with Gasteiger partial charge in [0.15, 0.2) is 0 Å². The van der Waals surface area contributed by atoms with Gasteiger partial charge < -0.3 is 48.4 Å². The standard InChI is InChI=1S/C47H67N3O11/c1-11-24-58-47-40(50(8)44(54)57-29-45(2,3)4)28-37(49-61-46(5,6)7)34-25-30(16-12-14-22-51)33(17-13-15-23-52)41(42(34)47)35-26-32(19-21-38(35)60-47)59-43(53)48-36-20-18-31(55-9)27-39(36)56-10/h11,18-21,25-27,30,33,40-42,51-52H,1,12-17,22-24,28-29H2,2-10H3,(H,48,53). The lowest BCUT2D eigenvalue weighted by Gasteiger charge is -2.59. The Morgan fingerprint density at radius 1 is 0.984 bits per heavy atom. The van der Waals surface area contributed by atoms with Gasteiger partial charge in [-0.25, -0.2) is 9.59 Å². The third-order valence-electron chi connectivity index (χ3n) is 11.3. The Hall–Kier alpha value is -4.79. The van der Waals surface area contributed by atoms with E-state index in [1.165, 1.54) is 7.11 Å². The zero-order chi connectivity index (χ0) is 44.5. The highest BCUT2D eigenvalue weighted by atomic mass is 16.7. The van der Waals surface area contributed by atoms with Gasteiger partial charge in [0.05, 0.1) is 44.8 Å². The summed E-state index contributed by atoms with van der Waals surface area (Å²) in [6.45, 7) is 16.2. The first-order chi connectivity index (χ1) is 29.0. The largest absolute Gasteiger partial charge is 0.497 e. The van der Waals surface area contributed by atoms with E-state index in [2.05, 4.69) is 18.0 Å². The van der Waals surface area contributed by atoms with Crippen molar-refractivity contribution in [3.8, 4) is 23.0 Å². The fourth-order valence-corrected chi connectivity index (χ4v) is 8.63. The Balaban J connectivity index is 1.70. The van der Waals surface area contributed by atoms with Gasteiger partial charge in [0.25, 0.3) is 0 Å². The monoisotopic (exact) mass is 849 g/mol. The summed E-state index contributed by atoms with van der Waals surface area (Å²) in [6, 6.07) is 9.61. The normalized spacial score (nSPS) is 23.7. The van der Waals surface area contributed by atoms with Crippen molar-refractivity contribution in [3.05, 3.63) is 66.3 Å². The molecule has 1 fully saturated rings. The first-order valence-electron chi connectivity index (χ1n) is 21.4. The molecule has 0 aromatic heterocycles. The van der Waals surface area contributed by atoms with Crippen LogP contribution in [0.25, 0.3) is 0 Å². The van der Waals surface area contributed by atoms with Crippen LogP contribution >= 0.6 is 0 Å². The van der Waals surface area contributed by atoms with Gasteiger partial charge >= 0.3 is 12.2 Å². The van der Waals surface area contributed by atoms with Crippen molar-refractivity contribution >= 4 is 23.6 Å². The molecule has 6 atom stereocenters. The number of ether oxygens (including phenoxy) is 6. The molecule has 3 aliphatic rings. The van der Waals surface area contributed by atoms with Gasteiger partial charge in [0, 0.05) is 44.2 Å². The van der Waals surface area contributed by atoms with Crippen molar-refractivity contribution < 1.29 is 53.1 Å². The zero-order valence-corrected chi connectivity index (χ0v) is 37.5. The van der Waals surface area contributed by atoms with E-state index in [1.807, 2.05) is 47.6 Å². The number of nitrogens with zero attached hydrogens (tertiary/aromatic N) is 2. The van der Waals surface area contributed by atoms with Crippen LogP contribution < -0.4 is 24.3 Å². The third-order valence-corrected chi connectivity index (χ3v) is 11.3. The lowest BCUT2D eigenvalue weighted by Crippen LogP contribution is -2.69. The first kappa shape index (κ1) is 47.3. The topological polar surface area (TPSA) is 167 Å². The number of aliphatic hydroxyl groups is 2. The van der Waals surface area contributed by atoms with Crippen LogP contribution in [0.2, 0.25) is 0 Å². The summed E-state index contributed by atoms with van der Waals surface area (Å²) in [5, 5.41) is 27.4. The number of rotatable bonds is 18. The van der Waals surface area contributed by atoms with Gasteiger partial charge in [-0.05, 0) is 99.6 Å². The second-order valence-corrected chi connectivity index (χ2v) is 18.3. The van der Waals surface area contributed by atoms with Crippen LogP contribution in [0.3, 0.4) is 0 Å². The molecule has 61 heavy (non-hydrogen) atoms. The molecular formula is C47H67N3O11. The Morgan fingerprint density at radius 3 is 2.33 bits per heavy atom. The van der Waals surface area contributed by atoms with Crippen molar-refractivity contribution in [2.75, 3.05) is 53.0 Å². The summed E-state index contributed by atoms with van der Waals surface area (Å²) in [5.74, 6) is -0.547. The van der Waals surface area contributed by atoms with E-state index in [1.54, 1.807) is 55.5 Å².